The fourth-order valence-corrected chi connectivity index (χ4v) is 10.8. The van der Waals surface area contributed by atoms with Gasteiger partial charge in [0.2, 0.25) is 23.6 Å². The van der Waals surface area contributed by atoms with Crippen molar-refractivity contribution in [3.63, 3.8) is 0 Å². The number of carbonyl (C=O) groups excluding carboxylic acids is 6. The molecule has 21 nitrogen and oxygen atoms in total. The van der Waals surface area contributed by atoms with E-state index in [1.54, 1.807) is 16.6 Å². The molecule has 3 aromatic carbocycles. The zero-order valence-electron chi connectivity index (χ0n) is 38.1. The first-order valence-corrected chi connectivity index (χ1v) is 23.8. The minimum atomic E-state index is -1.68. The molecule has 16 rings (SSSR count). The number of rotatable bonds is 10. The van der Waals surface area contributed by atoms with E-state index in [1.807, 2.05) is 69.1 Å². The van der Waals surface area contributed by atoms with E-state index in [2.05, 4.69) is 30.9 Å². The van der Waals surface area contributed by atoms with Crippen molar-refractivity contribution in [1.29, 1.82) is 0 Å². The Morgan fingerprint density at radius 2 is 1.51 bits per heavy atom. The van der Waals surface area contributed by atoms with E-state index in [0.29, 0.717) is 88.2 Å². The second-order valence-corrected chi connectivity index (χ2v) is 18.8. The largest absolute Gasteiger partial charge is 0.480 e. The van der Waals surface area contributed by atoms with Crippen molar-refractivity contribution in [3.05, 3.63) is 108 Å². The number of aliphatic carboxylic acids is 1. The Hall–Kier alpha value is -7.78. The SMILES string of the molecule is O=C1CC[C@H](N2C(=O)c3cccc([C@@H](C(=O)O)N4N5CCC(CC5)CC(=O)N5CCN(CC5)c5ccc(cc5)N4Nc4ncnc5c4ncn5C4CC(NC(=O)Cc5ccccc5)C4)c3C2=O)C(=O)N1. The Balaban J connectivity index is 0.973. The van der Waals surface area contributed by atoms with Crippen LogP contribution in [0.5, 0.6) is 0 Å². The summed E-state index contributed by atoms with van der Waals surface area (Å²) in [7, 11) is 0. The van der Waals surface area contributed by atoms with Crippen LogP contribution in [0.1, 0.15) is 88.9 Å². The molecule has 10 aliphatic heterocycles. The number of hydrogen-bond acceptors (Lipinski definition) is 15. The molecule has 4 fully saturated rings. The van der Waals surface area contributed by atoms with Gasteiger partial charge in [0, 0.05) is 69.9 Å². The summed E-state index contributed by atoms with van der Waals surface area (Å²) in [5, 5.41) is 21.9. The number of piperidine rings is 2. The van der Waals surface area contributed by atoms with Gasteiger partial charge in [-0.2, -0.15) is 0 Å². The highest BCUT2D eigenvalue weighted by atomic mass is 16.4. The standard InChI is InChI=1S/C49H51N13O8/c63-38-14-13-37(46(66)54-38)60-47(67)36-8-4-7-35(41(36)48(60)68)43(49(69)70)62-58-17-15-30(16-18-58)24-40(65)57-21-19-56(20-22-57)32-9-11-33(12-10-32)61(62)55-44-42-45(51-27-50-44)59(28-52-42)34-25-31(26-34)53-39(64)23-29-5-2-1-3-6-29/h1-12,27-28,30-31,34,37,43H,13-26H2,(H,53,64)(H,69,70)(H,50,51,55)(H,54,63,66)/t31?,34?,37-,43-/m0/s1. The van der Waals surface area contributed by atoms with Gasteiger partial charge in [0.05, 0.1) is 29.6 Å². The number of nitrogens with zero attached hydrogens (tertiary/aromatic N) is 10. The maximum Gasteiger partial charge on any atom is 0.329 e. The first kappa shape index (κ1) is 44.7. The number of fused-ring (bicyclic) bond motifs is 2. The average Bonchev–Trinajstić information content (AvgIpc) is 3.89. The number of aromatic nitrogens is 4. The second kappa shape index (κ2) is 18.3. The van der Waals surface area contributed by atoms with Crippen molar-refractivity contribution in [2.24, 2.45) is 5.92 Å². The Morgan fingerprint density at radius 3 is 2.24 bits per heavy atom. The number of nitrogens with one attached hydrogen (secondary N) is 3. The van der Waals surface area contributed by atoms with Crippen LogP contribution in [-0.4, -0.2) is 137 Å². The van der Waals surface area contributed by atoms with Gasteiger partial charge < -0.3 is 24.8 Å². The number of carboxylic acid groups (broad SMARTS) is 1. The van der Waals surface area contributed by atoms with Gasteiger partial charge in [-0.15, -0.1) is 5.12 Å². The van der Waals surface area contributed by atoms with E-state index in [4.69, 9.17) is 4.98 Å². The lowest BCUT2D eigenvalue weighted by molar-refractivity contribution is -0.158. The number of hydrogen-bond donors (Lipinski definition) is 4. The molecule has 6 amide bonds. The van der Waals surface area contributed by atoms with Gasteiger partial charge in [0.15, 0.2) is 23.0 Å². The van der Waals surface area contributed by atoms with Crippen molar-refractivity contribution >= 4 is 69.8 Å². The Labute approximate surface area is 401 Å². The lowest BCUT2D eigenvalue weighted by atomic mass is 9.86. The summed E-state index contributed by atoms with van der Waals surface area (Å²) < 4.78 is 1.96. The molecular formula is C49H51N13O8. The number of imide groups is 2. The molecule has 1 saturated carbocycles. The minimum absolute atomic E-state index is 0.00278. The molecule has 12 heterocycles. The van der Waals surface area contributed by atoms with E-state index in [0.717, 1.165) is 16.2 Å². The maximum atomic E-state index is 14.6. The van der Waals surface area contributed by atoms with Gasteiger partial charge in [-0.05, 0) is 79.5 Å². The summed E-state index contributed by atoms with van der Waals surface area (Å²) in [4.78, 5) is 114. The van der Waals surface area contributed by atoms with Crippen LogP contribution in [0.25, 0.3) is 11.2 Å². The van der Waals surface area contributed by atoms with Crippen LogP contribution < -0.4 is 26.1 Å². The van der Waals surface area contributed by atoms with E-state index < -0.39 is 41.7 Å². The Bertz CT molecular complexity index is 2910. The first-order chi connectivity index (χ1) is 34.0. The summed E-state index contributed by atoms with van der Waals surface area (Å²) >= 11 is 0. The number of piperazine rings is 1. The van der Waals surface area contributed by atoms with Crippen LogP contribution in [0.15, 0.2) is 85.5 Å². The van der Waals surface area contributed by atoms with E-state index in [-0.39, 0.29) is 71.6 Å². The highest BCUT2D eigenvalue weighted by Crippen LogP contribution is 2.40. The Morgan fingerprint density at radius 1 is 0.786 bits per heavy atom. The number of carboxylic acids is 1. The molecule has 2 aromatic heterocycles. The first-order valence-electron chi connectivity index (χ1n) is 23.8. The summed E-state index contributed by atoms with van der Waals surface area (Å²) in [5.41, 5.74) is 6.45. The maximum absolute atomic E-state index is 14.6. The van der Waals surface area contributed by atoms with Gasteiger partial charge in [-0.1, -0.05) is 42.5 Å². The molecule has 1 aliphatic carbocycles. The number of imidazole rings is 1. The fourth-order valence-electron chi connectivity index (χ4n) is 10.8. The van der Waals surface area contributed by atoms with Crippen molar-refractivity contribution in [2.45, 2.75) is 75.5 Å². The molecule has 0 spiro atoms. The van der Waals surface area contributed by atoms with Gasteiger partial charge in [0.1, 0.15) is 12.4 Å². The van der Waals surface area contributed by atoms with E-state index in [9.17, 15) is 38.7 Å². The van der Waals surface area contributed by atoms with Crippen LogP contribution in [0.3, 0.4) is 0 Å². The second-order valence-electron chi connectivity index (χ2n) is 18.8. The zero-order chi connectivity index (χ0) is 48.2. The summed E-state index contributed by atoms with van der Waals surface area (Å²) in [6.45, 7) is 3.12. The highest BCUT2D eigenvalue weighted by molar-refractivity contribution is 6.24. The van der Waals surface area contributed by atoms with Crippen molar-refractivity contribution in [3.8, 4) is 0 Å². The smallest absolute Gasteiger partial charge is 0.329 e. The molecule has 360 valence electrons. The normalized spacial score (nSPS) is 24.2. The van der Waals surface area contributed by atoms with Crippen LogP contribution in [0.4, 0.5) is 17.2 Å². The third-order valence-electron chi connectivity index (χ3n) is 14.6. The highest BCUT2D eigenvalue weighted by Gasteiger charge is 2.49. The van der Waals surface area contributed by atoms with Crippen LogP contribution in [0.2, 0.25) is 0 Å². The molecule has 0 radical (unpaired) electrons. The van der Waals surface area contributed by atoms with Crippen LogP contribution >= 0.6 is 0 Å². The van der Waals surface area contributed by atoms with Gasteiger partial charge in [0.25, 0.3) is 11.8 Å². The predicted octanol–water partition coefficient (Wildman–Crippen LogP) is 2.85. The molecule has 21 heteroatoms. The van der Waals surface area contributed by atoms with Gasteiger partial charge in [-0.3, -0.25) is 49.2 Å². The summed E-state index contributed by atoms with van der Waals surface area (Å²) in [6, 6.07) is 18.6. The summed E-state index contributed by atoms with van der Waals surface area (Å²) in [6.07, 6.45) is 5.99. The molecule has 4 N–H and O–H groups in total. The average molecular weight is 950 g/mol. The predicted molar refractivity (Wildman–Crippen MR) is 251 cm³/mol. The fraction of sp³-hybridized carbons (Fsp3) is 0.388. The minimum Gasteiger partial charge on any atom is -0.480 e. The monoisotopic (exact) mass is 949 g/mol. The topological polar surface area (TPSA) is 239 Å². The Kier molecular flexibility index (Phi) is 11.7. The van der Waals surface area contributed by atoms with Crippen LogP contribution in [0, 0.1) is 5.92 Å². The third-order valence-corrected chi connectivity index (χ3v) is 14.6. The summed E-state index contributed by atoms with van der Waals surface area (Å²) in [5.74, 6) is -3.97. The molecule has 3 saturated heterocycles. The molecule has 5 aromatic rings. The lowest BCUT2D eigenvalue weighted by Crippen LogP contribution is -2.61. The molecule has 0 unspecified atom stereocenters. The molecule has 70 heavy (non-hydrogen) atoms. The third kappa shape index (κ3) is 8.23. The number of anilines is 3. The quantitative estimate of drug-likeness (QED) is 0.147. The lowest BCUT2D eigenvalue weighted by Gasteiger charge is -2.48. The van der Waals surface area contributed by atoms with Crippen molar-refractivity contribution in [1.82, 2.24) is 50.1 Å². The molecule has 2 atom stereocenters. The number of carbonyl (C=O) groups is 7. The van der Waals surface area contributed by atoms with Gasteiger partial charge >= 0.3 is 5.97 Å². The molecule has 6 bridgehead atoms. The number of hydrazine groups is 3. The molecule has 11 aliphatic rings. The van der Waals surface area contributed by atoms with Gasteiger partial charge in [-0.25, -0.2) is 25.1 Å². The van der Waals surface area contributed by atoms with Crippen LogP contribution in [-0.2, 0) is 30.4 Å². The van der Waals surface area contributed by atoms with E-state index >= 15 is 0 Å². The number of benzene rings is 3. The zero-order valence-corrected chi connectivity index (χ0v) is 38.1. The van der Waals surface area contributed by atoms with Crippen molar-refractivity contribution in [2.75, 3.05) is 54.7 Å². The van der Waals surface area contributed by atoms with E-state index in [1.165, 1.54) is 24.5 Å². The number of amides is 6. The molecular weight excluding hydrogens is 899 g/mol. The van der Waals surface area contributed by atoms with Crippen molar-refractivity contribution < 1.29 is 38.7 Å².